The molecule has 3 aromatic rings. The van der Waals surface area contributed by atoms with E-state index in [1.54, 1.807) is 6.20 Å². The highest BCUT2D eigenvalue weighted by atomic mass is 32.1. The fourth-order valence-corrected chi connectivity index (χ4v) is 4.18. The molecule has 3 aromatic heterocycles. The van der Waals surface area contributed by atoms with Gasteiger partial charge in [-0.05, 0) is 13.0 Å². The van der Waals surface area contributed by atoms with Crippen molar-refractivity contribution in [1.82, 2.24) is 19.3 Å². The molecule has 1 saturated heterocycles. The van der Waals surface area contributed by atoms with Gasteiger partial charge in [0.05, 0.1) is 0 Å². The maximum absolute atomic E-state index is 11.1. The minimum absolute atomic E-state index is 0.0941. The van der Waals surface area contributed by atoms with Crippen LogP contribution in [0.2, 0.25) is 0 Å². The summed E-state index contributed by atoms with van der Waals surface area (Å²) >= 11 is 1.52. The van der Waals surface area contributed by atoms with Crippen LogP contribution in [0.25, 0.3) is 5.65 Å². The highest BCUT2D eigenvalue weighted by Gasteiger charge is 2.30. The van der Waals surface area contributed by atoms with Gasteiger partial charge < -0.3 is 14.5 Å². The van der Waals surface area contributed by atoms with Crippen molar-refractivity contribution in [3.63, 3.8) is 0 Å². The minimum atomic E-state index is -0.0941. The summed E-state index contributed by atoms with van der Waals surface area (Å²) in [6.07, 6.45) is 8.64. The Kier molecular flexibility index (Phi) is 4.60. The van der Waals surface area contributed by atoms with E-state index in [0.717, 1.165) is 35.8 Å². The van der Waals surface area contributed by atoms with Crippen molar-refractivity contribution in [3.05, 3.63) is 41.8 Å². The summed E-state index contributed by atoms with van der Waals surface area (Å²) in [6, 6.07) is 4.38. The summed E-state index contributed by atoms with van der Waals surface area (Å²) in [7, 11) is 0. The summed E-state index contributed by atoms with van der Waals surface area (Å²) in [4.78, 5) is 23.2. The summed E-state index contributed by atoms with van der Waals surface area (Å²) in [5.74, 6) is 0.761. The van der Waals surface area contributed by atoms with Crippen LogP contribution in [0.15, 0.2) is 36.9 Å². The van der Waals surface area contributed by atoms with E-state index >= 15 is 0 Å². The number of carbonyl (C=O) groups is 1. The van der Waals surface area contributed by atoms with Gasteiger partial charge in [0, 0.05) is 68.2 Å². The van der Waals surface area contributed by atoms with Crippen LogP contribution in [0.4, 0.5) is 5.13 Å². The summed E-state index contributed by atoms with van der Waals surface area (Å²) in [5, 5.41) is 3.39. The summed E-state index contributed by atoms with van der Waals surface area (Å²) < 4.78 is 8.15. The molecular formula is C18H21N5O2S. The molecule has 8 heteroatoms. The molecule has 0 spiro atoms. The predicted octanol–water partition coefficient (Wildman–Crippen LogP) is 2.79. The second-order valence-corrected chi connectivity index (χ2v) is 7.74. The molecule has 1 amide bonds. The Labute approximate surface area is 155 Å². The number of hydrogen-bond acceptors (Lipinski definition) is 6. The Hall–Kier alpha value is -2.45. The van der Waals surface area contributed by atoms with Gasteiger partial charge >= 0.3 is 0 Å². The van der Waals surface area contributed by atoms with E-state index in [1.807, 2.05) is 35.1 Å². The number of imidazole rings is 1. The first-order chi connectivity index (χ1) is 12.6. The van der Waals surface area contributed by atoms with Gasteiger partial charge in [-0.2, -0.15) is 0 Å². The third kappa shape index (κ3) is 3.71. The maximum atomic E-state index is 11.1. The van der Waals surface area contributed by atoms with Gasteiger partial charge in [-0.15, -0.1) is 11.3 Å². The molecule has 26 heavy (non-hydrogen) atoms. The largest absolute Gasteiger partial charge is 0.489 e. The molecule has 4 rings (SSSR count). The highest BCUT2D eigenvalue weighted by Crippen LogP contribution is 2.27. The molecular weight excluding hydrogens is 350 g/mol. The van der Waals surface area contributed by atoms with Crippen LogP contribution >= 0.6 is 11.3 Å². The smallest absolute Gasteiger partial charge is 0.223 e. The number of nitrogens with zero attached hydrogens (tertiary/aromatic N) is 4. The maximum Gasteiger partial charge on any atom is 0.223 e. The lowest BCUT2D eigenvalue weighted by atomic mass is 10.2. The number of carbonyl (C=O) groups excluding carboxylic acids is 1. The molecule has 7 nitrogen and oxygen atoms in total. The molecule has 4 heterocycles. The Morgan fingerprint density at radius 3 is 3.15 bits per heavy atom. The average Bonchev–Trinajstić information content (AvgIpc) is 3.29. The molecule has 0 unspecified atom stereocenters. The van der Waals surface area contributed by atoms with Gasteiger partial charge in [-0.3, -0.25) is 9.69 Å². The van der Waals surface area contributed by atoms with Crippen LogP contribution in [-0.2, 0) is 11.3 Å². The number of rotatable bonds is 5. The van der Waals surface area contributed by atoms with Crippen molar-refractivity contribution >= 4 is 28.0 Å². The van der Waals surface area contributed by atoms with Gasteiger partial charge in [0.1, 0.15) is 17.5 Å². The number of pyridine rings is 1. The molecule has 1 aliphatic rings. The second-order valence-electron chi connectivity index (χ2n) is 6.62. The summed E-state index contributed by atoms with van der Waals surface area (Å²) in [6.45, 7) is 5.40. The number of hydrogen-bond donors (Lipinski definition) is 1. The number of likely N-dealkylation sites (tertiary alicyclic amines) is 1. The van der Waals surface area contributed by atoms with Crippen LogP contribution < -0.4 is 10.1 Å². The van der Waals surface area contributed by atoms with Gasteiger partial charge in [0.2, 0.25) is 5.91 Å². The lowest BCUT2D eigenvalue weighted by molar-refractivity contribution is -0.114. The number of thiazole rings is 1. The monoisotopic (exact) mass is 371 g/mol. The van der Waals surface area contributed by atoms with E-state index in [2.05, 4.69) is 27.1 Å². The third-order valence-electron chi connectivity index (χ3n) is 4.53. The van der Waals surface area contributed by atoms with Gasteiger partial charge in [-0.1, -0.05) is 0 Å². The zero-order valence-electron chi connectivity index (χ0n) is 14.8. The standard InChI is InChI=1S/C18H21N5O2S/c1-12-7-15(25-14-3-5-22-6-4-19-17(22)8-14)10-23(12)11-16-9-20-18(26-16)21-13(2)24/h3-6,8-9,12,15H,7,10-11H2,1-2H3,(H,20,21,24)/t12-,15+/m0/s1. The highest BCUT2D eigenvalue weighted by molar-refractivity contribution is 7.15. The molecule has 0 bridgehead atoms. The van der Waals surface area contributed by atoms with Gasteiger partial charge in [0.15, 0.2) is 5.13 Å². The molecule has 0 aromatic carbocycles. The summed E-state index contributed by atoms with van der Waals surface area (Å²) in [5.41, 5.74) is 0.889. The first-order valence-corrected chi connectivity index (χ1v) is 9.44. The van der Waals surface area contributed by atoms with Crippen LogP contribution in [0.3, 0.4) is 0 Å². The predicted molar refractivity (Wildman–Crippen MR) is 101 cm³/mol. The number of ether oxygens (including phenoxy) is 1. The van der Waals surface area contributed by atoms with Crippen LogP contribution in [0.1, 0.15) is 25.1 Å². The lowest BCUT2D eigenvalue weighted by Gasteiger charge is -2.19. The molecule has 2 atom stereocenters. The van der Waals surface area contributed by atoms with Gasteiger partial charge in [-0.25, -0.2) is 9.97 Å². The van der Waals surface area contributed by atoms with Crippen LogP contribution in [0, 0.1) is 0 Å². The molecule has 1 aliphatic heterocycles. The van der Waals surface area contributed by atoms with E-state index in [0.29, 0.717) is 11.2 Å². The Bertz CT molecular complexity index is 921. The molecule has 0 saturated carbocycles. The second kappa shape index (κ2) is 7.05. The molecule has 0 aliphatic carbocycles. The number of anilines is 1. The van der Waals surface area contributed by atoms with Crippen LogP contribution in [0.5, 0.6) is 5.75 Å². The van der Waals surface area contributed by atoms with Crippen molar-refractivity contribution in [2.24, 2.45) is 0 Å². The Morgan fingerprint density at radius 1 is 1.42 bits per heavy atom. The SMILES string of the molecule is CC(=O)Nc1ncc(CN2C[C@H](Oc3ccn4ccnc4c3)C[C@@H]2C)s1. The molecule has 1 N–H and O–H groups in total. The van der Waals surface area contributed by atoms with Gasteiger partial charge in [0.25, 0.3) is 0 Å². The first kappa shape index (κ1) is 17.0. The normalized spacial score (nSPS) is 20.5. The van der Waals surface area contributed by atoms with Crippen molar-refractivity contribution < 1.29 is 9.53 Å². The average molecular weight is 371 g/mol. The van der Waals surface area contributed by atoms with E-state index in [1.165, 1.54) is 18.3 Å². The number of aromatic nitrogens is 3. The molecule has 1 fully saturated rings. The number of nitrogens with one attached hydrogen (secondary N) is 1. The van der Waals surface area contributed by atoms with Crippen molar-refractivity contribution in [1.29, 1.82) is 0 Å². The van der Waals surface area contributed by atoms with Crippen molar-refractivity contribution in [2.75, 3.05) is 11.9 Å². The third-order valence-corrected chi connectivity index (χ3v) is 5.43. The van der Waals surface area contributed by atoms with E-state index in [9.17, 15) is 4.79 Å². The fourth-order valence-electron chi connectivity index (χ4n) is 3.30. The zero-order valence-corrected chi connectivity index (χ0v) is 15.6. The van der Waals surface area contributed by atoms with E-state index in [4.69, 9.17) is 4.74 Å². The Balaban J connectivity index is 1.37. The minimum Gasteiger partial charge on any atom is -0.489 e. The van der Waals surface area contributed by atoms with E-state index < -0.39 is 0 Å². The number of fused-ring (bicyclic) bond motifs is 1. The fraction of sp³-hybridized carbons (Fsp3) is 0.389. The quantitative estimate of drug-likeness (QED) is 0.747. The molecule has 136 valence electrons. The first-order valence-electron chi connectivity index (χ1n) is 8.62. The lowest BCUT2D eigenvalue weighted by Crippen LogP contribution is -2.27. The zero-order chi connectivity index (χ0) is 18.1. The van der Waals surface area contributed by atoms with Crippen molar-refractivity contribution in [3.8, 4) is 5.75 Å². The molecule has 0 radical (unpaired) electrons. The van der Waals surface area contributed by atoms with Crippen LogP contribution in [-0.4, -0.2) is 43.9 Å². The van der Waals surface area contributed by atoms with E-state index in [-0.39, 0.29) is 12.0 Å². The topological polar surface area (TPSA) is 71.8 Å². The van der Waals surface area contributed by atoms with Crippen molar-refractivity contribution in [2.45, 2.75) is 39.0 Å². The Morgan fingerprint density at radius 2 is 2.31 bits per heavy atom. The number of amides is 1.